The molecule has 1 rings (SSSR count). The summed E-state index contributed by atoms with van der Waals surface area (Å²) in [6.07, 6.45) is 2.15. The molecule has 0 bridgehead atoms. The van der Waals surface area contributed by atoms with Gasteiger partial charge in [0.2, 0.25) is 0 Å². The quantitative estimate of drug-likeness (QED) is 0.791. The van der Waals surface area contributed by atoms with Crippen molar-refractivity contribution in [2.24, 2.45) is 16.0 Å². The van der Waals surface area contributed by atoms with Crippen LogP contribution in [-0.4, -0.2) is 36.3 Å². The highest BCUT2D eigenvalue weighted by Gasteiger charge is 2.20. The summed E-state index contributed by atoms with van der Waals surface area (Å²) in [5.74, 6) is -0.386. The van der Waals surface area contributed by atoms with Gasteiger partial charge in [-0.15, -0.1) is 5.11 Å². The lowest BCUT2D eigenvalue weighted by molar-refractivity contribution is 0.255. The number of benzene rings is 1. The fraction of sp³-hybridized carbons (Fsp3) is 0.222. The minimum atomic E-state index is -3.76. The van der Waals surface area contributed by atoms with Crippen molar-refractivity contribution < 1.29 is 22.5 Å². The lowest BCUT2D eigenvalue weighted by atomic mass is 10.3. The number of rotatable bonds is 3. The Kier molecular flexibility index (Phi) is 4.37. The molecule has 0 aliphatic carbocycles. The molecule has 0 heterocycles. The second kappa shape index (κ2) is 5.45. The Bertz CT molecular complexity index is 681. The average molecular weight is 305 g/mol. The highest BCUT2D eigenvalue weighted by Crippen LogP contribution is 2.34. The molecule has 0 aromatic heterocycles. The Balaban J connectivity index is 3.71. The van der Waals surface area contributed by atoms with Crippen LogP contribution in [0.4, 0.5) is 10.5 Å². The first-order chi connectivity index (χ1) is 8.62. The Labute approximate surface area is 111 Å². The number of nitrogens with zero attached hydrogens (tertiary/aromatic N) is 2. The second-order valence-electron chi connectivity index (χ2n) is 3.56. The zero-order chi connectivity index (χ0) is 14.8. The van der Waals surface area contributed by atoms with Gasteiger partial charge in [-0.2, -0.15) is 0 Å². The van der Waals surface area contributed by atoms with Crippen molar-refractivity contribution in [2.75, 3.05) is 12.5 Å². The maximum Gasteiger partial charge on any atom is 0.356 e. The van der Waals surface area contributed by atoms with Crippen LogP contribution in [0.3, 0.4) is 0 Å². The minimum absolute atomic E-state index is 0.0644. The number of phenols is 1. The molecule has 0 aliphatic rings. The standard InChI is InChI=1S/C9H11N3O5S2/c1-18(15)6-3-5(13)4-7(19(2,16)17)8(6)11-12-9(10)14/h3-4,13H,1-2H3,(H2,10,14). The number of nitrogens with two attached hydrogens (primary N) is 1. The third-order valence-electron chi connectivity index (χ3n) is 1.98. The maximum absolute atomic E-state index is 11.6. The summed E-state index contributed by atoms with van der Waals surface area (Å²) in [5, 5.41) is 15.9. The van der Waals surface area contributed by atoms with Crippen molar-refractivity contribution in [2.45, 2.75) is 9.79 Å². The van der Waals surface area contributed by atoms with Gasteiger partial charge in [-0.1, -0.05) is 5.11 Å². The predicted molar refractivity (Wildman–Crippen MR) is 67.6 cm³/mol. The van der Waals surface area contributed by atoms with Crippen molar-refractivity contribution >= 4 is 32.4 Å². The number of aromatic hydroxyl groups is 1. The molecule has 104 valence electrons. The molecule has 0 saturated carbocycles. The van der Waals surface area contributed by atoms with Gasteiger partial charge >= 0.3 is 6.03 Å². The number of urea groups is 1. The number of phenolic OH excluding ortho intramolecular Hbond substituents is 1. The van der Waals surface area contributed by atoms with Crippen molar-refractivity contribution in [1.29, 1.82) is 0 Å². The summed E-state index contributed by atoms with van der Waals surface area (Å²) in [6.45, 7) is 0. The molecule has 1 unspecified atom stereocenters. The van der Waals surface area contributed by atoms with Crippen LogP contribution in [0.1, 0.15) is 0 Å². The normalized spacial score (nSPS) is 13.6. The Morgan fingerprint density at radius 2 is 2.00 bits per heavy atom. The second-order valence-corrected chi connectivity index (χ2v) is 6.89. The first-order valence-electron chi connectivity index (χ1n) is 4.74. The van der Waals surface area contributed by atoms with Crippen LogP contribution in [0.25, 0.3) is 0 Å². The van der Waals surface area contributed by atoms with Gasteiger partial charge in [0, 0.05) is 18.6 Å². The smallest absolute Gasteiger partial charge is 0.356 e. The van der Waals surface area contributed by atoms with Crippen LogP contribution in [0.2, 0.25) is 0 Å². The van der Waals surface area contributed by atoms with Crippen LogP contribution in [-0.2, 0) is 20.6 Å². The number of carbonyl (C=O) groups is 1. The zero-order valence-electron chi connectivity index (χ0n) is 10.0. The van der Waals surface area contributed by atoms with Crippen LogP contribution < -0.4 is 5.73 Å². The van der Waals surface area contributed by atoms with Crippen LogP contribution in [0.5, 0.6) is 5.75 Å². The van der Waals surface area contributed by atoms with E-state index in [1.54, 1.807) is 0 Å². The molecule has 10 heteroatoms. The maximum atomic E-state index is 11.6. The van der Waals surface area contributed by atoms with E-state index in [-0.39, 0.29) is 21.2 Å². The number of amides is 2. The monoisotopic (exact) mass is 305 g/mol. The summed E-state index contributed by atoms with van der Waals surface area (Å²) in [6, 6.07) is 0.890. The number of hydrogen-bond acceptors (Lipinski definition) is 6. The van der Waals surface area contributed by atoms with E-state index >= 15 is 0 Å². The number of hydrogen-bond donors (Lipinski definition) is 2. The van der Waals surface area contributed by atoms with Gasteiger partial charge in [-0.3, -0.25) is 4.21 Å². The largest absolute Gasteiger partial charge is 0.508 e. The van der Waals surface area contributed by atoms with E-state index < -0.39 is 26.7 Å². The molecule has 1 aromatic carbocycles. The van der Waals surface area contributed by atoms with E-state index in [0.29, 0.717) is 0 Å². The molecule has 1 aromatic rings. The molecule has 1 atom stereocenters. The van der Waals surface area contributed by atoms with E-state index in [1.807, 2.05) is 0 Å². The lowest BCUT2D eigenvalue weighted by Crippen LogP contribution is -2.04. The summed E-state index contributed by atoms with van der Waals surface area (Å²) in [7, 11) is -5.40. The molecule has 2 amide bonds. The third kappa shape index (κ3) is 3.83. The summed E-state index contributed by atoms with van der Waals surface area (Å²) >= 11 is 0. The lowest BCUT2D eigenvalue weighted by Gasteiger charge is -2.08. The fourth-order valence-corrected chi connectivity index (χ4v) is 2.88. The number of carbonyl (C=O) groups excluding carboxylic acids is 1. The van der Waals surface area contributed by atoms with Gasteiger partial charge in [0.1, 0.15) is 11.4 Å². The summed E-state index contributed by atoms with van der Waals surface area (Å²) in [5.41, 5.74) is 4.50. The zero-order valence-corrected chi connectivity index (χ0v) is 11.7. The van der Waals surface area contributed by atoms with E-state index in [4.69, 9.17) is 5.73 Å². The Hall–Kier alpha value is -1.81. The fourth-order valence-electron chi connectivity index (χ4n) is 1.27. The average Bonchev–Trinajstić information content (AvgIpc) is 2.24. The van der Waals surface area contributed by atoms with Gasteiger partial charge in [-0.05, 0) is 6.07 Å². The van der Waals surface area contributed by atoms with Crippen LogP contribution in [0.15, 0.2) is 32.2 Å². The van der Waals surface area contributed by atoms with Crippen LogP contribution in [0, 0.1) is 0 Å². The molecule has 0 fully saturated rings. The van der Waals surface area contributed by atoms with Crippen LogP contribution >= 0.6 is 0 Å². The first-order valence-corrected chi connectivity index (χ1v) is 8.19. The molecule has 0 aliphatic heterocycles. The minimum Gasteiger partial charge on any atom is -0.508 e. The predicted octanol–water partition coefficient (Wildman–Crippen LogP) is 0.696. The van der Waals surface area contributed by atoms with Gasteiger partial charge < -0.3 is 10.8 Å². The Morgan fingerprint density at radius 3 is 2.42 bits per heavy atom. The van der Waals surface area contributed by atoms with E-state index in [9.17, 15) is 22.5 Å². The molecule has 0 spiro atoms. The van der Waals surface area contributed by atoms with E-state index in [1.165, 1.54) is 6.26 Å². The highest BCUT2D eigenvalue weighted by atomic mass is 32.2. The van der Waals surface area contributed by atoms with Gasteiger partial charge in [0.05, 0.1) is 20.6 Å². The van der Waals surface area contributed by atoms with Gasteiger partial charge in [0.15, 0.2) is 9.84 Å². The van der Waals surface area contributed by atoms with Gasteiger partial charge in [-0.25, -0.2) is 13.2 Å². The molecular weight excluding hydrogens is 294 g/mol. The highest BCUT2D eigenvalue weighted by molar-refractivity contribution is 7.91. The molecule has 0 radical (unpaired) electrons. The molecule has 8 nitrogen and oxygen atoms in total. The topological polar surface area (TPSA) is 139 Å². The molecule has 19 heavy (non-hydrogen) atoms. The van der Waals surface area contributed by atoms with E-state index in [0.717, 1.165) is 18.4 Å². The number of azo groups is 1. The third-order valence-corrected chi connectivity index (χ3v) is 4.02. The SMILES string of the molecule is CS(=O)c1cc(O)cc(S(C)(=O)=O)c1N=NC(N)=O. The molecular formula is C9H11N3O5S2. The molecule has 3 N–H and O–H groups in total. The summed E-state index contributed by atoms with van der Waals surface area (Å²) < 4.78 is 34.7. The van der Waals surface area contributed by atoms with E-state index in [2.05, 4.69) is 10.2 Å². The number of primary amides is 1. The number of sulfone groups is 1. The first kappa shape index (κ1) is 15.2. The molecule has 0 saturated heterocycles. The van der Waals surface area contributed by atoms with Crippen molar-refractivity contribution in [3.8, 4) is 5.75 Å². The van der Waals surface area contributed by atoms with Crippen molar-refractivity contribution in [1.82, 2.24) is 0 Å². The van der Waals surface area contributed by atoms with Crippen molar-refractivity contribution in [3.05, 3.63) is 12.1 Å². The Morgan fingerprint density at radius 1 is 1.42 bits per heavy atom. The summed E-state index contributed by atoms with van der Waals surface area (Å²) in [4.78, 5) is 10.1. The van der Waals surface area contributed by atoms with Crippen molar-refractivity contribution in [3.63, 3.8) is 0 Å². The van der Waals surface area contributed by atoms with Gasteiger partial charge in [0.25, 0.3) is 0 Å².